The monoisotopic (exact) mass is 414 g/mol. The first-order valence-electron chi connectivity index (χ1n) is 9.54. The molecule has 0 spiro atoms. The fourth-order valence-electron chi connectivity index (χ4n) is 3.89. The molecule has 4 N–H and O–H groups in total. The predicted octanol–water partition coefficient (Wildman–Crippen LogP) is 1.22. The smallest absolute Gasteiger partial charge is 0.254 e. The summed E-state index contributed by atoms with van der Waals surface area (Å²) in [5.41, 5.74) is 5.12. The van der Waals surface area contributed by atoms with E-state index in [0.717, 1.165) is 31.7 Å². The van der Waals surface area contributed by atoms with Gasteiger partial charge in [0.1, 0.15) is 15.4 Å². The summed E-state index contributed by atoms with van der Waals surface area (Å²) in [4.78, 5) is 15.4. The van der Waals surface area contributed by atoms with E-state index in [0.29, 0.717) is 18.9 Å². The first-order valence-corrected chi connectivity index (χ1v) is 11.4. The number of primary amides is 1. The Balaban J connectivity index is 1.52. The minimum absolute atomic E-state index is 0.000923. The SMILES string of the molecule is COc1nc(NC2CCC(NC3CCS(=O)(=O)CC3)CC2)c(F)cc1C(N)=O. The van der Waals surface area contributed by atoms with Gasteiger partial charge in [0.05, 0.1) is 18.6 Å². The topological polar surface area (TPSA) is 123 Å². The minimum Gasteiger partial charge on any atom is -0.480 e. The van der Waals surface area contributed by atoms with Crippen LogP contribution in [0.15, 0.2) is 6.07 Å². The van der Waals surface area contributed by atoms with Gasteiger partial charge in [-0.25, -0.2) is 12.8 Å². The molecule has 1 saturated carbocycles. The number of carbonyl (C=O) groups excluding carboxylic acids is 1. The highest BCUT2D eigenvalue weighted by Crippen LogP contribution is 2.27. The average molecular weight is 415 g/mol. The number of hydrogen-bond donors (Lipinski definition) is 3. The lowest BCUT2D eigenvalue weighted by Gasteiger charge is -2.34. The molecule has 10 heteroatoms. The first-order chi connectivity index (χ1) is 13.3. The molecule has 1 aliphatic carbocycles. The van der Waals surface area contributed by atoms with Gasteiger partial charge in [0.25, 0.3) is 5.91 Å². The van der Waals surface area contributed by atoms with Gasteiger partial charge < -0.3 is 21.1 Å². The molecule has 0 bridgehead atoms. The van der Waals surface area contributed by atoms with E-state index in [1.165, 1.54) is 7.11 Å². The van der Waals surface area contributed by atoms with E-state index in [2.05, 4.69) is 15.6 Å². The van der Waals surface area contributed by atoms with Crippen LogP contribution in [0.25, 0.3) is 0 Å². The molecule has 1 amide bonds. The second-order valence-corrected chi connectivity index (χ2v) is 9.83. The Hall–Kier alpha value is -1.94. The molecule has 3 rings (SSSR count). The number of hydrogen-bond acceptors (Lipinski definition) is 7. The van der Waals surface area contributed by atoms with Crippen molar-refractivity contribution in [3.8, 4) is 5.88 Å². The number of halogens is 1. The molecule has 2 heterocycles. The third kappa shape index (κ3) is 5.11. The molecule has 1 saturated heterocycles. The van der Waals surface area contributed by atoms with E-state index in [1.807, 2.05) is 0 Å². The third-order valence-electron chi connectivity index (χ3n) is 5.49. The standard InChI is InChI=1S/C18H27FN4O4S/c1-27-18-14(16(20)24)10-15(19)17(23-18)22-12-4-2-11(3-5-12)21-13-6-8-28(25,26)9-7-13/h10-13,21H,2-9H2,1H3,(H2,20,24)(H,22,23). The van der Waals surface area contributed by atoms with Crippen molar-refractivity contribution in [1.29, 1.82) is 0 Å². The summed E-state index contributed by atoms with van der Waals surface area (Å²) < 4.78 is 42.4. The van der Waals surface area contributed by atoms with Gasteiger partial charge in [0, 0.05) is 18.1 Å². The van der Waals surface area contributed by atoms with Crippen LogP contribution >= 0.6 is 0 Å². The number of carbonyl (C=O) groups is 1. The van der Waals surface area contributed by atoms with Crippen LogP contribution in [0.3, 0.4) is 0 Å². The van der Waals surface area contributed by atoms with Gasteiger partial charge in [-0.3, -0.25) is 4.79 Å². The number of ether oxygens (including phenoxy) is 1. The summed E-state index contributed by atoms with van der Waals surface area (Å²) in [6, 6.07) is 1.70. The molecule has 156 valence electrons. The number of nitrogens with zero attached hydrogens (tertiary/aromatic N) is 1. The Morgan fingerprint density at radius 1 is 1.14 bits per heavy atom. The number of aromatic nitrogens is 1. The van der Waals surface area contributed by atoms with E-state index in [-0.39, 0.29) is 40.9 Å². The highest BCUT2D eigenvalue weighted by Gasteiger charge is 2.28. The lowest BCUT2D eigenvalue weighted by Crippen LogP contribution is -2.45. The average Bonchev–Trinajstić information content (AvgIpc) is 2.66. The van der Waals surface area contributed by atoms with Gasteiger partial charge in [-0.2, -0.15) is 4.98 Å². The van der Waals surface area contributed by atoms with Gasteiger partial charge in [-0.15, -0.1) is 0 Å². The molecule has 0 aromatic carbocycles. The normalized spacial score (nSPS) is 25.2. The fraction of sp³-hybridized carbons (Fsp3) is 0.667. The molecule has 28 heavy (non-hydrogen) atoms. The molecule has 2 aliphatic rings. The number of anilines is 1. The Kier molecular flexibility index (Phi) is 6.39. The van der Waals surface area contributed by atoms with E-state index >= 15 is 0 Å². The van der Waals surface area contributed by atoms with Crippen LogP contribution in [-0.4, -0.2) is 56.0 Å². The molecule has 0 unspecified atom stereocenters. The van der Waals surface area contributed by atoms with Gasteiger partial charge in [-0.05, 0) is 44.6 Å². The largest absolute Gasteiger partial charge is 0.480 e. The quantitative estimate of drug-likeness (QED) is 0.639. The first kappa shape index (κ1) is 20.8. The maximum atomic E-state index is 14.3. The Morgan fingerprint density at radius 3 is 2.29 bits per heavy atom. The summed E-state index contributed by atoms with van der Waals surface area (Å²) in [7, 11) is -1.50. The Morgan fingerprint density at radius 2 is 1.71 bits per heavy atom. The Bertz CT molecular complexity index is 811. The number of nitrogens with two attached hydrogens (primary N) is 1. The van der Waals surface area contributed by atoms with Gasteiger partial charge in [0.2, 0.25) is 5.88 Å². The zero-order chi connectivity index (χ0) is 20.3. The van der Waals surface area contributed by atoms with Crippen LogP contribution < -0.4 is 21.1 Å². The van der Waals surface area contributed by atoms with E-state index < -0.39 is 21.6 Å². The molecule has 1 aromatic rings. The van der Waals surface area contributed by atoms with Gasteiger partial charge in [-0.1, -0.05) is 0 Å². The van der Waals surface area contributed by atoms with Crippen LogP contribution in [0.2, 0.25) is 0 Å². The minimum atomic E-state index is -2.85. The summed E-state index contributed by atoms with van der Waals surface area (Å²) in [5, 5.41) is 6.68. The number of rotatable bonds is 6. The van der Waals surface area contributed by atoms with Crippen molar-refractivity contribution in [2.75, 3.05) is 23.9 Å². The summed E-state index contributed by atoms with van der Waals surface area (Å²) in [6.45, 7) is 0. The second kappa shape index (κ2) is 8.60. The Labute approximate surface area is 164 Å². The molecule has 2 fully saturated rings. The van der Waals surface area contributed by atoms with Crippen molar-refractivity contribution < 1.29 is 22.3 Å². The van der Waals surface area contributed by atoms with Gasteiger partial charge >= 0.3 is 0 Å². The number of nitrogens with one attached hydrogen (secondary N) is 2. The van der Waals surface area contributed by atoms with Crippen molar-refractivity contribution in [3.63, 3.8) is 0 Å². The zero-order valence-corrected chi connectivity index (χ0v) is 16.7. The van der Waals surface area contributed by atoms with Crippen LogP contribution in [-0.2, 0) is 9.84 Å². The number of pyridine rings is 1. The van der Waals surface area contributed by atoms with Crippen molar-refractivity contribution in [3.05, 3.63) is 17.4 Å². The maximum Gasteiger partial charge on any atom is 0.254 e. The number of amides is 1. The molecule has 0 atom stereocenters. The molecule has 8 nitrogen and oxygen atoms in total. The second-order valence-electron chi connectivity index (χ2n) is 7.53. The van der Waals surface area contributed by atoms with Crippen LogP contribution in [0, 0.1) is 5.82 Å². The molecule has 1 aliphatic heterocycles. The molecular formula is C18H27FN4O4S. The summed E-state index contributed by atoms with van der Waals surface area (Å²) in [6.07, 6.45) is 4.84. The molecular weight excluding hydrogens is 387 g/mol. The van der Waals surface area contributed by atoms with Crippen molar-refractivity contribution >= 4 is 21.6 Å². The van der Waals surface area contributed by atoms with Crippen molar-refractivity contribution in [1.82, 2.24) is 10.3 Å². The van der Waals surface area contributed by atoms with E-state index in [1.54, 1.807) is 0 Å². The maximum absolute atomic E-state index is 14.3. The summed E-state index contributed by atoms with van der Waals surface area (Å²) >= 11 is 0. The lowest BCUT2D eigenvalue weighted by molar-refractivity contribution is 0.0996. The van der Waals surface area contributed by atoms with Crippen LogP contribution in [0.5, 0.6) is 5.88 Å². The summed E-state index contributed by atoms with van der Waals surface area (Å²) in [5.74, 6) is -0.865. The molecule has 0 radical (unpaired) electrons. The van der Waals surface area contributed by atoms with Crippen LogP contribution in [0.4, 0.5) is 10.2 Å². The van der Waals surface area contributed by atoms with Crippen molar-refractivity contribution in [2.45, 2.75) is 56.7 Å². The molecule has 1 aromatic heterocycles. The fourth-order valence-corrected chi connectivity index (χ4v) is 5.38. The number of methoxy groups -OCH3 is 1. The highest BCUT2D eigenvalue weighted by atomic mass is 32.2. The van der Waals surface area contributed by atoms with E-state index in [4.69, 9.17) is 10.5 Å². The van der Waals surface area contributed by atoms with Crippen molar-refractivity contribution in [2.24, 2.45) is 5.73 Å². The van der Waals surface area contributed by atoms with Crippen LogP contribution in [0.1, 0.15) is 48.9 Å². The lowest BCUT2D eigenvalue weighted by atomic mass is 9.90. The highest BCUT2D eigenvalue weighted by molar-refractivity contribution is 7.91. The predicted molar refractivity (Wildman–Crippen MR) is 104 cm³/mol. The number of sulfone groups is 1. The third-order valence-corrected chi connectivity index (χ3v) is 7.21. The van der Waals surface area contributed by atoms with E-state index in [9.17, 15) is 17.6 Å². The zero-order valence-electron chi connectivity index (χ0n) is 15.9. The van der Waals surface area contributed by atoms with Gasteiger partial charge in [0.15, 0.2) is 11.6 Å².